The van der Waals surface area contributed by atoms with E-state index in [-0.39, 0.29) is 12.4 Å². The van der Waals surface area contributed by atoms with Gasteiger partial charge in [-0.15, -0.1) is 0 Å². The first-order chi connectivity index (χ1) is 9.78. The van der Waals surface area contributed by atoms with Crippen LogP contribution < -0.4 is 14.8 Å². The van der Waals surface area contributed by atoms with Crippen molar-refractivity contribution in [2.24, 2.45) is 0 Å². The minimum absolute atomic E-state index is 0.0212. The van der Waals surface area contributed by atoms with Gasteiger partial charge in [0.05, 0.1) is 5.56 Å². The summed E-state index contributed by atoms with van der Waals surface area (Å²) in [5.41, 5.74) is 1.65. The van der Waals surface area contributed by atoms with Gasteiger partial charge in [0.25, 0.3) is 0 Å². The van der Waals surface area contributed by atoms with Crippen molar-refractivity contribution in [2.75, 3.05) is 12.1 Å². The summed E-state index contributed by atoms with van der Waals surface area (Å²) in [6.45, 7) is 0.727. The van der Waals surface area contributed by atoms with Gasteiger partial charge in [0, 0.05) is 17.8 Å². The standard InChI is InChI=1S/C15H11FN2O2/c16-13-5-4-12(6-11(13)7-17)18-8-10-2-1-3-14-15(10)20-9-19-14/h1-6,18H,8-9H2. The maximum absolute atomic E-state index is 13.2. The van der Waals surface area contributed by atoms with Crippen molar-refractivity contribution in [1.82, 2.24) is 0 Å². The molecule has 1 N–H and O–H groups in total. The summed E-state index contributed by atoms with van der Waals surface area (Å²) in [5, 5.41) is 11.9. The van der Waals surface area contributed by atoms with Gasteiger partial charge in [-0.3, -0.25) is 0 Å². The van der Waals surface area contributed by atoms with Gasteiger partial charge in [-0.1, -0.05) is 12.1 Å². The van der Waals surface area contributed by atoms with Crippen LogP contribution in [0.25, 0.3) is 0 Å². The highest BCUT2D eigenvalue weighted by Crippen LogP contribution is 2.35. The number of rotatable bonds is 3. The lowest BCUT2D eigenvalue weighted by atomic mass is 10.1. The van der Waals surface area contributed by atoms with Crippen molar-refractivity contribution in [1.29, 1.82) is 5.26 Å². The molecule has 0 amide bonds. The average Bonchev–Trinajstić information content (AvgIpc) is 2.95. The van der Waals surface area contributed by atoms with E-state index in [1.165, 1.54) is 12.1 Å². The number of nitrogens with one attached hydrogen (secondary N) is 1. The maximum atomic E-state index is 13.2. The first-order valence-electron chi connectivity index (χ1n) is 6.09. The van der Waals surface area contributed by atoms with Crippen molar-refractivity contribution in [3.63, 3.8) is 0 Å². The smallest absolute Gasteiger partial charge is 0.231 e. The maximum Gasteiger partial charge on any atom is 0.231 e. The number of anilines is 1. The number of para-hydroxylation sites is 1. The monoisotopic (exact) mass is 270 g/mol. The Bertz CT molecular complexity index is 695. The highest BCUT2D eigenvalue weighted by molar-refractivity contribution is 5.53. The van der Waals surface area contributed by atoms with Gasteiger partial charge in [0.15, 0.2) is 11.5 Å². The van der Waals surface area contributed by atoms with Crippen LogP contribution in [0, 0.1) is 17.1 Å². The van der Waals surface area contributed by atoms with Crippen LogP contribution in [0.15, 0.2) is 36.4 Å². The van der Waals surface area contributed by atoms with Gasteiger partial charge in [0.1, 0.15) is 11.9 Å². The van der Waals surface area contributed by atoms with Crippen LogP contribution in [0.5, 0.6) is 11.5 Å². The zero-order valence-corrected chi connectivity index (χ0v) is 10.5. The topological polar surface area (TPSA) is 54.3 Å². The molecule has 0 unspecified atom stereocenters. The summed E-state index contributed by atoms with van der Waals surface area (Å²) in [7, 11) is 0. The van der Waals surface area contributed by atoms with E-state index >= 15 is 0 Å². The Balaban J connectivity index is 1.78. The number of benzene rings is 2. The molecule has 0 saturated heterocycles. The molecule has 1 aliphatic rings. The average molecular weight is 270 g/mol. The Kier molecular flexibility index (Phi) is 3.13. The van der Waals surface area contributed by atoms with Crippen LogP contribution in [0.4, 0.5) is 10.1 Å². The first kappa shape index (κ1) is 12.3. The molecule has 0 radical (unpaired) electrons. The Morgan fingerprint density at radius 2 is 2.15 bits per heavy atom. The number of hydrogen-bond acceptors (Lipinski definition) is 4. The molecule has 20 heavy (non-hydrogen) atoms. The molecule has 0 saturated carbocycles. The lowest BCUT2D eigenvalue weighted by Crippen LogP contribution is -2.02. The molecule has 0 bridgehead atoms. The van der Waals surface area contributed by atoms with Gasteiger partial charge in [-0.05, 0) is 24.3 Å². The Morgan fingerprint density at radius 3 is 3.00 bits per heavy atom. The number of halogens is 1. The van der Waals surface area contributed by atoms with E-state index < -0.39 is 5.82 Å². The van der Waals surface area contributed by atoms with E-state index in [1.807, 2.05) is 24.3 Å². The van der Waals surface area contributed by atoms with E-state index in [2.05, 4.69) is 5.32 Å². The third-order valence-corrected chi connectivity index (χ3v) is 3.05. The van der Waals surface area contributed by atoms with Crippen LogP contribution in [-0.2, 0) is 6.54 Å². The van der Waals surface area contributed by atoms with Crippen LogP contribution in [0.1, 0.15) is 11.1 Å². The third-order valence-electron chi connectivity index (χ3n) is 3.05. The molecule has 3 rings (SSSR count). The highest BCUT2D eigenvalue weighted by atomic mass is 19.1. The first-order valence-corrected chi connectivity index (χ1v) is 6.09. The molecule has 0 fully saturated rings. The summed E-state index contributed by atoms with van der Waals surface area (Å²) in [6.07, 6.45) is 0. The zero-order chi connectivity index (χ0) is 13.9. The van der Waals surface area contributed by atoms with E-state index in [4.69, 9.17) is 14.7 Å². The molecule has 5 heteroatoms. The minimum atomic E-state index is -0.518. The summed E-state index contributed by atoms with van der Waals surface area (Å²) in [5.74, 6) is 0.930. The number of hydrogen-bond donors (Lipinski definition) is 1. The SMILES string of the molecule is N#Cc1cc(NCc2cccc3c2OCO3)ccc1F. The molecule has 0 atom stereocenters. The van der Waals surface area contributed by atoms with Crippen molar-refractivity contribution < 1.29 is 13.9 Å². The zero-order valence-electron chi connectivity index (χ0n) is 10.5. The molecular weight excluding hydrogens is 259 g/mol. The fourth-order valence-corrected chi connectivity index (χ4v) is 2.05. The molecule has 2 aromatic rings. The van der Waals surface area contributed by atoms with Crippen molar-refractivity contribution in [2.45, 2.75) is 6.54 Å². The predicted molar refractivity (Wildman–Crippen MR) is 71.0 cm³/mol. The summed E-state index contributed by atoms with van der Waals surface area (Å²) < 4.78 is 23.9. The Labute approximate surface area is 115 Å². The number of fused-ring (bicyclic) bond motifs is 1. The molecule has 0 spiro atoms. The number of nitrogens with zero attached hydrogens (tertiary/aromatic N) is 1. The van der Waals surface area contributed by atoms with Gasteiger partial charge in [0.2, 0.25) is 6.79 Å². The second-order valence-corrected chi connectivity index (χ2v) is 4.31. The quantitative estimate of drug-likeness (QED) is 0.931. The van der Waals surface area contributed by atoms with Crippen molar-refractivity contribution in [3.05, 3.63) is 53.3 Å². The fraction of sp³-hybridized carbons (Fsp3) is 0.133. The van der Waals surface area contributed by atoms with E-state index in [9.17, 15) is 4.39 Å². The Hall–Kier alpha value is -2.74. The Morgan fingerprint density at radius 1 is 1.25 bits per heavy atom. The second kappa shape index (κ2) is 5.10. The molecule has 1 heterocycles. The van der Waals surface area contributed by atoms with Crippen LogP contribution in [-0.4, -0.2) is 6.79 Å². The van der Waals surface area contributed by atoms with E-state index in [0.717, 1.165) is 17.1 Å². The predicted octanol–water partition coefficient (Wildman–Crippen LogP) is 3.04. The van der Waals surface area contributed by atoms with Gasteiger partial charge in [-0.2, -0.15) is 5.26 Å². The molecule has 2 aromatic carbocycles. The van der Waals surface area contributed by atoms with Gasteiger partial charge in [-0.25, -0.2) is 4.39 Å². The van der Waals surface area contributed by atoms with Crippen LogP contribution >= 0.6 is 0 Å². The van der Waals surface area contributed by atoms with E-state index in [0.29, 0.717) is 12.2 Å². The highest BCUT2D eigenvalue weighted by Gasteiger charge is 2.16. The lowest BCUT2D eigenvalue weighted by molar-refractivity contribution is 0.173. The van der Waals surface area contributed by atoms with Gasteiger partial charge >= 0.3 is 0 Å². The molecule has 0 aromatic heterocycles. The van der Waals surface area contributed by atoms with E-state index in [1.54, 1.807) is 6.07 Å². The number of ether oxygens (including phenoxy) is 2. The minimum Gasteiger partial charge on any atom is -0.454 e. The normalized spacial score (nSPS) is 12.0. The number of nitriles is 1. The molecule has 4 nitrogen and oxygen atoms in total. The summed E-state index contributed by atoms with van der Waals surface area (Å²) in [4.78, 5) is 0. The fourth-order valence-electron chi connectivity index (χ4n) is 2.05. The second-order valence-electron chi connectivity index (χ2n) is 4.31. The largest absolute Gasteiger partial charge is 0.454 e. The van der Waals surface area contributed by atoms with Crippen LogP contribution in [0.3, 0.4) is 0 Å². The molecule has 100 valence electrons. The summed E-state index contributed by atoms with van der Waals surface area (Å²) in [6, 6.07) is 11.8. The van der Waals surface area contributed by atoms with Gasteiger partial charge < -0.3 is 14.8 Å². The molecule has 0 aliphatic carbocycles. The summed E-state index contributed by atoms with van der Waals surface area (Å²) >= 11 is 0. The van der Waals surface area contributed by atoms with Crippen molar-refractivity contribution >= 4 is 5.69 Å². The molecule has 1 aliphatic heterocycles. The van der Waals surface area contributed by atoms with Crippen LogP contribution in [0.2, 0.25) is 0 Å². The lowest BCUT2D eigenvalue weighted by Gasteiger charge is -2.09. The van der Waals surface area contributed by atoms with Crippen molar-refractivity contribution in [3.8, 4) is 17.6 Å². The third kappa shape index (κ3) is 2.24. The molecular formula is C15H11FN2O2.